The molecule has 48 valence electrons. The van der Waals surface area contributed by atoms with E-state index < -0.39 is 6.70 Å². The minimum absolute atomic E-state index is 0.257. The first-order valence-electron chi connectivity index (χ1n) is 2.38. The van der Waals surface area contributed by atoms with Crippen molar-refractivity contribution in [2.75, 3.05) is 6.61 Å². The molecular weight excluding hydrogens is 163 g/mol. The van der Waals surface area contributed by atoms with Crippen LogP contribution in [0, 0.1) is 0 Å². The zero-order valence-electron chi connectivity index (χ0n) is 4.85. The zero-order chi connectivity index (χ0) is 6.20. The lowest BCUT2D eigenvalue weighted by atomic mass is 10.2. The van der Waals surface area contributed by atoms with E-state index in [0.29, 0.717) is 0 Å². The van der Waals surface area contributed by atoms with Crippen LogP contribution in [0.15, 0.2) is 0 Å². The van der Waals surface area contributed by atoms with Crippen LogP contribution >= 0.6 is 29.3 Å². The van der Waals surface area contributed by atoms with Gasteiger partial charge in [0.2, 0.25) is 0 Å². The molecule has 0 amide bonds. The molecule has 0 saturated carbocycles. The summed E-state index contributed by atoms with van der Waals surface area (Å²) in [7, 11) is 0. The van der Waals surface area contributed by atoms with Crippen LogP contribution in [0.3, 0.4) is 0 Å². The first-order chi connectivity index (χ1) is 3.60. The highest BCUT2D eigenvalue weighted by molar-refractivity contribution is 8.62. The molecule has 0 aromatic rings. The van der Waals surface area contributed by atoms with Crippen molar-refractivity contribution in [1.29, 1.82) is 0 Å². The molecule has 1 fully saturated rings. The van der Waals surface area contributed by atoms with Crippen molar-refractivity contribution in [2.45, 2.75) is 18.6 Å². The van der Waals surface area contributed by atoms with E-state index in [0.717, 1.165) is 6.61 Å². The van der Waals surface area contributed by atoms with Crippen LogP contribution in [0.2, 0.25) is 0 Å². The second-order valence-corrected chi connectivity index (χ2v) is 7.37. The van der Waals surface area contributed by atoms with Gasteiger partial charge in [0.05, 0.1) is 6.61 Å². The predicted molar refractivity (Wildman–Crippen MR) is 40.4 cm³/mol. The van der Waals surface area contributed by atoms with Gasteiger partial charge in [-0.2, -0.15) is 0 Å². The second kappa shape index (κ2) is 2.34. The molecule has 1 saturated heterocycles. The van der Waals surface area contributed by atoms with E-state index in [9.17, 15) is 0 Å². The summed E-state index contributed by atoms with van der Waals surface area (Å²) in [6, 6.07) is 0. The largest absolute Gasteiger partial charge is 0.334 e. The minimum atomic E-state index is -0.664. The third-order valence-corrected chi connectivity index (χ3v) is 5.06. The topological polar surface area (TPSA) is 9.23 Å². The molecule has 4 heteroatoms. The summed E-state index contributed by atoms with van der Waals surface area (Å²) in [4.78, 5) is 0. The van der Waals surface area contributed by atoms with Crippen LogP contribution in [0.25, 0.3) is 0 Å². The van der Waals surface area contributed by atoms with Crippen molar-refractivity contribution >= 4 is 29.3 Å². The lowest BCUT2D eigenvalue weighted by Crippen LogP contribution is -2.13. The molecule has 0 spiro atoms. The molecule has 8 heavy (non-hydrogen) atoms. The lowest BCUT2D eigenvalue weighted by Gasteiger charge is -2.09. The normalized spacial score (nSPS) is 35.6. The summed E-state index contributed by atoms with van der Waals surface area (Å²) in [6.07, 6.45) is 0. The smallest absolute Gasteiger partial charge is 0.189 e. The Kier molecular flexibility index (Phi) is 2.09. The highest BCUT2D eigenvalue weighted by atomic mass is 35.7. The Morgan fingerprint density at radius 1 is 1.75 bits per heavy atom. The summed E-state index contributed by atoms with van der Waals surface area (Å²) < 4.78 is 5.42. The van der Waals surface area contributed by atoms with Gasteiger partial charge in [0.1, 0.15) is 0 Å². The molecule has 0 aromatic heterocycles. The first kappa shape index (κ1) is 7.14. The average Bonchev–Trinajstić information content (AvgIpc) is 1.82. The van der Waals surface area contributed by atoms with Gasteiger partial charge in [0.15, 0.2) is 6.70 Å². The van der Waals surface area contributed by atoms with E-state index in [1.165, 1.54) is 0 Å². The van der Waals surface area contributed by atoms with Gasteiger partial charge >= 0.3 is 0 Å². The highest BCUT2D eigenvalue weighted by Gasteiger charge is 2.31. The fourth-order valence-electron chi connectivity index (χ4n) is 0.453. The van der Waals surface area contributed by atoms with Crippen molar-refractivity contribution in [3.8, 4) is 0 Å². The van der Waals surface area contributed by atoms with E-state index >= 15 is 0 Å². The molecule has 1 atom stereocenters. The fourth-order valence-corrected chi connectivity index (χ4v) is 4.99. The van der Waals surface area contributed by atoms with Crippen molar-refractivity contribution in [1.82, 2.24) is 0 Å². The summed E-state index contributed by atoms with van der Waals surface area (Å²) >= 11 is 7.43. The zero-order valence-corrected chi connectivity index (χ0v) is 7.32. The van der Waals surface area contributed by atoms with E-state index in [-0.39, 0.29) is 4.75 Å². The second-order valence-electron chi connectivity index (χ2n) is 2.34. The maximum atomic E-state index is 5.70. The SMILES string of the molecule is CC1(C)COP(Cl)S1. The Balaban J connectivity index is 2.44. The molecule has 1 aliphatic rings. The minimum Gasteiger partial charge on any atom is -0.334 e. The molecule has 0 bridgehead atoms. The monoisotopic (exact) mass is 170 g/mol. The van der Waals surface area contributed by atoms with Crippen LogP contribution in [-0.4, -0.2) is 11.4 Å². The van der Waals surface area contributed by atoms with Crippen molar-refractivity contribution in [3.63, 3.8) is 0 Å². The molecule has 1 aliphatic heterocycles. The molecule has 1 rings (SSSR count). The van der Waals surface area contributed by atoms with Crippen LogP contribution in [0.5, 0.6) is 0 Å². The Bertz CT molecular complexity index is 98.0. The number of hydrogen-bond acceptors (Lipinski definition) is 2. The molecule has 1 heterocycles. The van der Waals surface area contributed by atoms with Gasteiger partial charge in [0.25, 0.3) is 0 Å². The van der Waals surface area contributed by atoms with Gasteiger partial charge in [0, 0.05) is 4.75 Å². The van der Waals surface area contributed by atoms with E-state index in [4.69, 9.17) is 15.8 Å². The molecule has 0 radical (unpaired) electrons. The van der Waals surface area contributed by atoms with Gasteiger partial charge in [-0.15, -0.1) is 0 Å². The Morgan fingerprint density at radius 2 is 2.38 bits per heavy atom. The predicted octanol–water partition coefficient (Wildman–Crippen LogP) is 2.99. The van der Waals surface area contributed by atoms with Crippen molar-refractivity contribution < 1.29 is 4.52 Å². The van der Waals surface area contributed by atoms with Crippen LogP contribution in [0.1, 0.15) is 13.8 Å². The number of hydrogen-bond donors (Lipinski definition) is 0. The van der Waals surface area contributed by atoms with Crippen molar-refractivity contribution in [3.05, 3.63) is 0 Å². The Labute approximate surface area is 59.5 Å². The Morgan fingerprint density at radius 3 is 2.50 bits per heavy atom. The molecule has 0 aliphatic carbocycles. The van der Waals surface area contributed by atoms with Crippen LogP contribution in [0.4, 0.5) is 0 Å². The van der Waals surface area contributed by atoms with Gasteiger partial charge in [-0.3, -0.25) is 0 Å². The van der Waals surface area contributed by atoms with Gasteiger partial charge < -0.3 is 4.52 Å². The molecule has 0 aromatic carbocycles. The third-order valence-electron chi connectivity index (χ3n) is 0.833. The molecular formula is C4H8ClOPS. The molecule has 1 nitrogen and oxygen atoms in total. The average molecular weight is 171 g/mol. The van der Waals surface area contributed by atoms with E-state index in [1.54, 1.807) is 11.4 Å². The van der Waals surface area contributed by atoms with E-state index in [1.807, 2.05) is 0 Å². The Hall–Kier alpha value is 1.03. The fraction of sp³-hybridized carbons (Fsp3) is 1.00. The van der Waals surface area contributed by atoms with E-state index in [2.05, 4.69) is 13.8 Å². The molecule has 1 unspecified atom stereocenters. The van der Waals surface area contributed by atoms with Crippen LogP contribution in [-0.2, 0) is 4.52 Å². The quantitative estimate of drug-likeness (QED) is 0.517. The maximum Gasteiger partial charge on any atom is 0.189 e. The standard InChI is InChI=1S/C4H8ClOPS/c1-4(2)3-6-7(5)8-4/h3H2,1-2H3. The lowest BCUT2D eigenvalue weighted by molar-refractivity contribution is 0.342. The maximum absolute atomic E-state index is 5.70. The van der Waals surface area contributed by atoms with Crippen LogP contribution < -0.4 is 0 Å². The highest BCUT2D eigenvalue weighted by Crippen LogP contribution is 2.66. The number of halogens is 1. The molecule has 0 N–H and O–H groups in total. The third kappa shape index (κ3) is 1.77. The van der Waals surface area contributed by atoms with Crippen molar-refractivity contribution in [2.24, 2.45) is 0 Å². The summed E-state index contributed by atoms with van der Waals surface area (Å²) in [5.74, 6) is 0. The van der Waals surface area contributed by atoms with Gasteiger partial charge in [-0.1, -0.05) is 22.6 Å². The summed E-state index contributed by atoms with van der Waals surface area (Å²) in [5, 5.41) is 0. The number of rotatable bonds is 0. The first-order valence-corrected chi connectivity index (χ1v) is 5.97. The van der Waals surface area contributed by atoms with Gasteiger partial charge in [-0.05, 0) is 13.8 Å². The summed E-state index contributed by atoms with van der Waals surface area (Å²) in [5.41, 5.74) is 0. The van der Waals surface area contributed by atoms with Gasteiger partial charge in [-0.25, -0.2) is 0 Å². The summed E-state index contributed by atoms with van der Waals surface area (Å²) in [6.45, 7) is 4.42.